The van der Waals surface area contributed by atoms with Crippen LogP contribution in [0.3, 0.4) is 0 Å². The van der Waals surface area contributed by atoms with E-state index in [9.17, 15) is 0 Å². The van der Waals surface area contributed by atoms with E-state index >= 15 is 0 Å². The molecule has 1 unspecified atom stereocenters. The largest absolute Gasteiger partial charge is 0.361 e. The molecule has 1 aliphatic rings. The van der Waals surface area contributed by atoms with Crippen molar-refractivity contribution in [3.8, 4) is 0 Å². The van der Waals surface area contributed by atoms with Gasteiger partial charge >= 0.3 is 0 Å². The van der Waals surface area contributed by atoms with Crippen molar-refractivity contribution in [3.63, 3.8) is 0 Å². The van der Waals surface area contributed by atoms with Gasteiger partial charge in [0.25, 0.3) is 0 Å². The Kier molecular flexibility index (Phi) is 3.12. The van der Waals surface area contributed by atoms with Gasteiger partial charge in [-0.25, -0.2) is 0 Å². The van der Waals surface area contributed by atoms with Gasteiger partial charge in [0.1, 0.15) is 0 Å². The van der Waals surface area contributed by atoms with Crippen LogP contribution in [0.2, 0.25) is 0 Å². The third-order valence-electron chi connectivity index (χ3n) is 3.60. The van der Waals surface area contributed by atoms with Crippen LogP contribution in [0.5, 0.6) is 0 Å². The summed E-state index contributed by atoms with van der Waals surface area (Å²) in [6.07, 6.45) is 8.09. The minimum atomic E-state index is 0.673. The first-order valence-electron chi connectivity index (χ1n) is 6.24. The molecule has 1 aromatic heterocycles. The van der Waals surface area contributed by atoms with Gasteiger partial charge in [-0.1, -0.05) is 0 Å². The predicted molar refractivity (Wildman–Crippen MR) is 74.8 cm³/mol. The molecule has 3 heteroatoms. The monoisotopic (exact) mass is 246 g/mol. The molecule has 1 saturated heterocycles. The molecule has 0 bridgehead atoms. The van der Waals surface area contributed by atoms with Crippen LogP contribution in [-0.2, 0) is 6.42 Å². The third kappa shape index (κ3) is 2.22. The van der Waals surface area contributed by atoms with E-state index < -0.39 is 0 Å². The zero-order valence-electron chi connectivity index (χ0n) is 10.1. The van der Waals surface area contributed by atoms with Crippen LogP contribution in [0.1, 0.15) is 18.4 Å². The molecule has 1 aliphatic heterocycles. The van der Waals surface area contributed by atoms with Crippen molar-refractivity contribution >= 4 is 22.7 Å². The van der Waals surface area contributed by atoms with E-state index in [1.54, 1.807) is 0 Å². The summed E-state index contributed by atoms with van der Waals surface area (Å²) in [5.74, 6) is 0. The normalized spacial score (nSPS) is 20.2. The minimum absolute atomic E-state index is 0.673. The topological polar surface area (TPSA) is 27.8 Å². The van der Waals surface area contributed by atoms with Gasteiger partial charge in [0.2, 0.25) is 0 Å². The Morgan fingerprint density at radius 1 is 1.41 bits per heavy atom. The number of fused-ring (bicyclic) bond motifs is 1. The SMILES string of the molecule is CSc1ccc2[nH]cc(CC3CCCN3)c2c1. The number of benzene rings is 1. The maximum Gasteiger partial charge on any atom is 0.0457 e. The Balaban J connectivity index is 1.92. The molecule has 0 amide bonds. The highest BCUT2D eigenvalue weighted by atomic mass is 32.2. The smallest absolute Gasteiger partial charge is 0.0457 e. The minimum Gasteiger partial charge on any atom is -0.361 e. The summed E-state index contributed by atoms with van der Waals surface area (Å²) in [6.45, 7) is 1.18. The highest BCUT2D eigenvalue weighted by Crippen LogP contribution is 2.26. The summed E-state index contributed by atoms with van der Waals surface area (Å²) in [6, 6.07) is 7.35. The maximum absolute atomic E-state index is 3.57. The highest BCUT2D eigenvalue weighted by molar-refractivity contribution is 7.98. The van der Waals surface area contributed by atoms with Gasteiger partial charge < -0.3 is 10.3 Å². The van der Waals surface area contributed by atoms with Crippen LogP contribution in [0.4, 0.5) is 0 Å². The molecule has 2 aromatic rings. The molecule has 0 aliphatic carbocycles. The van der Waals surface area contributed by atoms with Crippen molar-refractivity contribution in [2.45, 2.75) is 30.2 Å². The van der Waals surface area contributed by atoms with Gasteiger partial charge in [0.15, 0.2) is 0 Å². The van der Waals surface area contributed by atoms with Crippen LogP contribution in [-0.4, -0.2) is 23.8 Å². The van der Waals surface area contributed by atoms with Crippen molar-refractivity contribution < 1.29 is 0 Å². The van der Waals surface area contributed by atoms with E-state index in [0.717, 1.165) is 6.42 Å². The van der Waals surface area contributed by atoms with Crippen LogP contribution < -0.4 is 5.32 Å². The molecule has 0 spiro atoms. The lowest BCUT2D eigenvalue weighted by Crippen LogP contribution is -2.23. The summed E-state index contributed by atoms with van der Waals surface area (Å²) < 4.78 is 0. The Hall–Kier alpha value is -0.930. The molecule has 1 fully saturated rings. The van der Waals surface area contributed by atoms with Crippen LogP contribution in [0, 0.1) is 0 Å². The fraction of sp³-hybridized carbons (Fsp3) is 0.429. The van der Waals surface area contributed by atoms with Crippen LogP contribution in [0.15, 0.2) is 29.3 Å². The standard InChI is InChI=1S/C14H18N2S/c1-17-12-4-5-14-13(8-12)10(9-16-14)7-11-3-2-6-15-11/h4-5,8-9,11,15-16H,2-3,6-7H2,1H3. The Morgan fingerprint density at radius 3 is 3.12 bits per heavy atom. The predicted octanol–water partition coefficient (Wildman–Crippen LogP) is 3.18. The molecule has 1 aromatic carbocycles. The molecular formula is C14H18N2S. The molecular weight excluding hydrogens is 228 g/mol. The number of hydrogen-bond donors (Lipinski definition) is 2. The number of rotatable bonds is 3. The second-order valence-corrected chi connectivity index (χ2v) is 5.60. The molecule has 90 valence electrons. The van der Waals surface area contributed by atoms with E-state index in [0.29, 0.717) is 6.04 Å². The van der Waals surface area contributed by atoms with Crippen LogP contribution in [0.25, 0.3) is 10.9 Å². The molecule has 2 nitrogen and oxygen atoms in total. The van der Waals surface area contributed by atoms with Gasteiger partial charge in [-0.05, 0) is 55.8 Å². The Bertz CT molecular complexity index is 512. The van der Waals surface area contributed by atoms with Gasteiger partial charge in [-0.2, -0.15) is 0 Å². The number of H-pyrrole nitrogens is 1. The molecule has 2 N–H and O–H groups in total. The summed E-state index contributed by atoms with van der Waals surface area (Å²) in [5.41, 5.74) is 2.71. The van der Waals surface area contributed by atoms with E-state index in [4.69, 9.17) is 0 Å². The molecule has 2 heterocycles. The zero-order valence-corrected chi connectivity index (χ0v) is 10.9. The second kappa shape index (κ2) is 4.75. The number of thioether (sulfide) groups is 1. The molecule has 0 saturated carbocycles. The lowest BCUT2D eigenvalue weighted by molar-refractivity contribution is 0.605. The van der Waals surface area contributed by atoms with Crippen molar-refractivity contribution in [2.24, 2.45) is 0 Å². The van der Waals surface area contributed by atoms with Gasteiger partial charge in [-0.15, -0.1) is 11.8 Å². The van der Waals surface area contributed by atoms with Gasteiger partial charge in [0, 0.05) is 28.0 Å². The fourth-order valence-corrected chi connectivity index (χ4v) is 3.09. The van der Waals surface area contributed by atoms with Crippen molar-refractivity contribution in [3.05, 3.63) is 30.0 Å². The first-order valence-corrected chi connectivity index (χ1v) is 7.46. The summed E-state index contributed by atoms with van der Waals surface area (Å²) >= 11 is 1.81. The van der Waals surface area contributed by atoms with E-state index in [2.05, 4.69) is 41.0 Å². The molecule has 1 atom stereocenters. The fourth-order valence-electron chi connectivity index (χ4n) is 2.65. The maximum atomic E-state index is 3.57. The number of nitrogens with one attached hydrogen (secondary N) is 2. The number of aromatic amines is 1. The van der Waals surface area contributed by atoms with Gasteiger partial charge in [0.05, 0.1) is 0 Å². The van der Waals surface area contributed by atoms with E-state index in [-0.39, 0.29) is 0 Å². The molecule has 3 rings (SSSR count). The number of aromatic nitrogens is 1. The van der Waals surface area contributed by atoms with E-state index in [1.165, 1.54) is 40.7 Å². The second-order valence-electron chi connectivity index (χ2n) is 4.72. The number of hydrogen-bond acceptors (Lipinski definition) is 2. The highest BCUT2D eigenvalue weighted by Gasteiger charge is 2.16. The Morgan fingerprint density at radius 2 is 2.35 bits per heavy atom. The molecule has 0 radical (unpaired) electrons. The summed E-state index contributed by atoms with van der Waals surface area (Å²) in [4.78, 5) is 4.72. The third-order valence-corrected chi connectivity index (χ3v) is 4.33. The van der Waals surface area contributed by atoms with Gasteiger partial charge in [-0.3, -0.25) is 0 Å². The van der Waals surface area contributed by atoms with Crippen molar-refractivity contribution in [1.29, 1.82) is 0 Å². The first-order chi connectivity index (χ1) is 8.36. The average molecular weight is 246 g/mol. The lowest BCUT2D eigenvalue weighted by Gasteiger charge is -2.09. The molecule has 17 heavy (non-hydrogen) atoms. The van der Waals surface area contributed by atoms with Crippen molar-refractivity contribution in [2.75, 3.05) is 12.8 Å². The lowest BCUT2D eigenvalue weighted by atomic mass is 10.0. The average Bonchev–Trinajstić information content (AvgIpc) is 2.99. The Labute approximate surface area is 106 Å². The van der Waals surface area contributed by atoms with Crippen LogP contribution >= 0.6 is 11.8 Å². The quantitative estimate of drug-likeness (QED) is 0.814. The zero-order chi connectivity index (χ0) is 11.7. The van der Waals surface area contributed by atoms with Crippen molar-refractivity contribution in [1.82, 2.24) is 10.3 Å². The van der Waals surface area contributed by atoms with E-state index in [1.807, 2.05) is 11.8 Å². The summed E-state index contributed by atoms with van der Waals surface area (Å²) in [5, 5.41) is 4.96. The first kappa shape index (κ1) is 11.2. The summed E-state index contributed by atoms with van der Waals surface area (Å²) in [7, 11) is 0.